The minimum absolute atomic E-state index is 0.0238. The number of unbranched alkanes of at least 4 members (excludes halogenated alkanes) is 15. The molecule has 2 unspecified atom stereocenters. The number of rotatable bonds is 33. The first-order valence-corrected chi connectivity index (χ1v) is 19.5. The number of phosphoric ester groups is 1. The minimum Gasteiger partial charge on any atom is -0.756 e. The zero-order valence-corrected chi connectivity index (χ0v) is 30.7. The van der Waals surface area contributed by atoms with Crippen LogP contribution in [-0.2, 0) is 27.9 Å². The number of hydrogen-bond donors (Lipinski definition) is 0. The Morgan fingerprint density at radius 2 is 1.20 bits per heavy atom. The molecule has 2 atom stereocenters. The van der Waals surface area contributed by atoms with Crippen LogP contribution in [-0.4, -0.2) is 70.7 Å². The monoisotopic (exact) mass is 659 g/mol. The highest BCUT2D eigenvalue weighted by molar-refractivity contribution is 7.45. The largest absolute Gasteiger partial charge is 0.756 e. The highest BCUT2D eigenvalue weighted by Gasteiger charge is 2.20. The summed E-state index contributed by atoms with van der Waals surface area (Å²) in [4.78, 5) is 24.8. The molecule has 0 heterocycles. The predicted molar refractivity (Wildman–Crippen MR) is 185 cm³/mol. The van der Waals surface area contributed by atoms with Gasteiger partial charge in [-0.3, -0.25) is 9.36 Å². The quantitative estimate of drug-likeness (QED) is 0.0228. The lowest BCUT2D eigenvalue weighted by molar-refractivity contribution is -0.870. The van der Waals surface area contributed by atoms with Gasteiger partial charge in [0.15, 0.2) is 0 Å². The van der Waals surface area contributed by atoms with Crippen molar-refractivity contribution in [1.29, 1.82) is 0 Å². The molecule has 0 spiro atoms. The molecule has 8 nitrogen and oxygen atoms in total. The van der Waals surface area contributed by atoms with E-state index in [9.17, 15) is 14.3 Å². The molecule has 0 aromatic carbocycles. The molecule has 0 aromatic rings. The summed E-state index contributed by atoms with van der Waals surface area (Å²) in [5.41, 5.74) is 0. The fraction of sp³-hybridized carbons (Fsp3) is 0.861. The standard InChI is InChI=1S/C36H70NO7P/c1-6-8-10-12-14-16-18-19-21-23-25-27-29-36(38)44-35(34-43-45(39,40)42-32-30-37(3,4)5)33-41-31-28-26-24-22-20-17-15-13-11-9-7-2/h11,13-14,16,35H,6-10,12,15,17-34H2,1-5H3/b13-11-,16-14-. The molecule has 0 aliphatic rings. The smallest absolute Gasteiger partial charge is 0.306 e. The third-order valence-electron chi connectivity index (χ3n) is 7.46. The molecule has 0 fully saturated rings. The molecular formula is C36H70NO7P. The van der Waals surface area contributed by atoms with Crippen molar-refractivity contribution >= 4 is 13.8 Å². The molecule has 0 N–H and O–H groups in total. The first kappa shape index (κ1) is 44.0. The Balaban J connectivity index is 4.36. The third-order valence-corrected chi connectivity index (χ3v) is 8.42. The summed E-state index contributed by atoms with van der Waals surface area (Å²) in [5.74, 6) is -0.349. The van der Waals surface area contributed by atoms with Gasteiger partial charge in [-0.05, 0) is 57.8 Å². The number of nitrogens with zero attached hydrogens (tertiary/aromatic N) is 1. The maximum atomic E-state index is 12.5. The lowest BCUT2D eigenvalue weighted by atomic mass is 10.1. The predicted octanol–water partition coefficient (Wildman–Crippen LogP) is 9.08. The van der Waals surface area contributed by atoms with Crippen molar-refractivity contribution in [3.05, 3.63) is 24.3 Å². The van der Waals surface area contributed by atoms with Crippen LogP contribution in [0.5, 0.6) is 0 Å². The Morgan fingerprint density at radius 3 is 1.78 bits per heavy atom. The van der Waals surface area contributed by atoms with Crippen molar-refractivity contribution < 1.29 is 37.3 Å². The summed E-state index contributed by atoms with van der Waals surface area (Å²) in [6, 6.07) is 0. The second-order valence-corrected chi connectivity index (χ2v) is 14.6. The van der Waals surface area contributed by atoms with Crippen LogP contribution < -0.4 is 4.89 Å². The Morgan fingerprint density at radius 1 is 0.667 bits per heavy atom. The lowest BCUT2D eigenvalue weighted by Gasteiger charge is -2.28. The highest BCUT2D eigenvalue weighted by Crippen LogP contribution is 2.38. The van der Waals surface area contributed by atoms with E-state index in [1.54, 1.807) is 0 Å². The van der Waals surface area contributed by atoms with Gasteiger partial charge >= 0.3 is 5.97 Å². The summed E-state index contributed by atoms with van der Waals surface area (Å²) in [7, 11) is 1.34. The van der Waals surface area contributed by atoms with E-state index in [0.29, 0.717) is 24.1 Å². The van der Waals surface area contributed by atoms with Crippen molar-refractivity contribution in [2.45, 2.75) is 148 Å². The van der Waals surface area contributed by atoms with Crippen LogP contribution in [0.2, 0.25) is 0 Å². The zero-order chi connectivity index (χ0) is 33.5. The number of phosphoric acid groups is 1. The van der Waals surface area contributed by atoms with E-state index in [4.69, 9.17) is 18.5 Å². The molecule has 0 aliphatic carbocycles. The zero-order valence-electron chi connectivity index (χ0n) is 29.8. The van der Waals surface area contributed by atoms with Crippen molar-refractivity contribution in [3.8, 4) is 0 Å². The van der Waals surface area contributed by atoms with E-state index in [1.165, 1.54) is 77.0 Å². The number of likely N-dealkylation sites (N-methyl/N-ethyl adjacent to an activating group) is 1. The van der Waals surface area contributed by atoms with Gasteiger partial charge in [-0.15, -0.1) is 0 Å². The van der Waals surface area contributed by atoms with Crippen molar-refractivity contribution in [3.63, 3.8) is 0 Å². The Bertz CT molecular complexity index is 782. The maximum absolute atomic E-state index is 12.5. The molecular weight excluding hydrogens is 589 g/mol. The van der Waals surface area contributed by atoms with Gasteiger partial charge in [-0.25, -0.2) is 0 Å². The van der Waals surface area contributed by atoms with Crippen LogP contribution in [0.25, 0.3) is 0 Å². The molecule has 0 radical (unpaired) electrons. The summed E-state index contributed by atoms with van der Waals surface area (Å²) in [6.07, 6.45) is 30.4. The van der Waals surface area contributed by atoms with E-state index in [1.807, 2.05) is 21.1 Å². The van der Waals surface area contributed by atoms with Gasteiger partial charge in [0.1, 0.15) is 19.3 Å². The summed E-state index contributed by atoms with van der Waals surface area (Å²) in [5, 5.41) is 0. The number of allylic oxidation sites excluding steroid dienone is 4. The molecule has 0 aliphatic heterocycles. The fourth-order valence-corrected chi connectivity index (χ4v) is 5.33. The molecule has 0 saturated carbocycles. The van der Waals surface area contributed by atoms with Crippen LogP contribution in [0, 0.1) is 0 Å². The van der Waals surface area contributed by atoms with Gasteiger partial charge in [-0.1, -0.05) is 102 Å². The molecule has 0 bridgehead atoms. The number of carbonyl (C=O) groups is 1. The van der Waals surface area contributed by atoms with Crippen molar-refractivity contribution in [2.75, 3.05) is 54.1 Å². The maximum Gasteiger partial charge on any atom is 0.306 e. The van der Waals surface area contributed by atoms with Gasteiger partial charge in [0, 0.05) is 13.0 Å². The summed E-state index contributed by atoms with van der Waals surface area (Å²) >= 11 is 0. The van der Waals surface area contributed by atoms with Crippen LogP contribution >= 0.6 is 7.82 Å². The second-order valence-electron chi connectivity index (χ2n) is 13.2. The van der Waals surface area contributed by atoms with E-state index in [-0.39, 0.29) is 25.8 Å². The van der Waals surface area contributed by atoms with Gasteiger partial charge in [0.2, 0.25) is 0 Å². The summed E-state index contributed by atoms with van der Waals surface area (Å²) < 4.78 is 34.3. The van der Waals surface area contributed by atoms with E-state index in [2.05, 4.69) is 38.2 Å². The number of carbonyl (C=O) groups excluding carboxylic acids is 1. The van der Waals surface area contributed by atoms with Crippen LogP contribution in [0.3, 0.4) is 0 Å². The minimum atomic E-state index is -4.51. The topological polar surface area (TPSA) is 94.1 Å². The first-order valence-electron chi connectivity index (χ1n) is 18.1. The number of ether oxygens (including phenoxy) is 2. The molecule has 9 heteroatoms. The Hall–Kier alpha value is -1.02. The fourth-order valence-electron chi connectivity index (χ4n) is 4.60. The summed E-state index contributed by atoms with van der Waals surface area (Å²) in [6.45, 7) is 5.29. The average Bonchev–Trinajstić information content (AvgIpc) is 2.98. The van der Waals surface area contributed by atoms with Gasteiger partial charge < -0.3 is 27.9 Å². The number of hydrogen-bond acceptors (Lipinski definition) is 7. The van der Waals surface area contributed by atoms with Gasteiger partial charge in [0.05, 0.1) is 34.4 Å². The van der Waals surface area contributed by atoms with E-state index < -0.39 is 13.9 Å². The molecule has 0 amide bonds. The second kappa shape index (κ2) is 30.3. The molecule has 0 aromatic heterocycles. The number of quaternary nitrogens is 1. The first-order chi connectivity index (χ1) is 21.6. The Labute approximate surface area is 277 Å². The van der Waals surface area contributed by atoms with Gasteiger partial charge in [0.25, 0.3) is 7.82 Å². The van der Waals surface area contributed by atoms with Crippen molar-refractivity contribution in [2.24, 2.45) is 0 Å². The molecule has 45 heavy (non-hydrogen) atoms. The van der Waals surface area contributed by atoms with E-state index >= 15 is 0 Å². The van der Waals surface area contributed by atoms with E-state index in [0.717, 1.165) is 44.9 Å². The van der Waals surface area contributed by atoms with Crippen LogP contribution in [0.15, 0.2) is 24.3 Å². The van der Waals surface area contributed by atoms with Gasteiger partial charge in [-0.2, -0.15) is 0 Å². The number of esters is 1. The normalized spacial score (nSPS) is 14.4. The lowest BCUT2D eigenvalue weighted by Crippen LogP contribution is -2.37. The molecule has 266 valence electrons. The SMILES string of the molecule is CCC/C=C\CCCCCCCCOCC(COP(=O)([O-])OCC[N+](C)(C)C)OC(=O)CCCCCCC/C=C\CCCCC. The molecule has 0 rings (SSSR count). The van der Waals surface area contributed by atoms with Crippen LogP contribution in [0.4, 0.5) is 0 Å². The highest BCUT2D eigenvalue weighted by atomic mass is 31.2. The third kappa shape index (κ3) is 34.1. The average molecular weight is 660 g/mol. The Kier molecular flexibility index (Phi) is 29.6. The van der Waals surface area contributed by atoms with Crippen LogP contribution in [0.1, 0.15) is 142 Å². The van der Waals surface area contributed by atoms with Crippen molar-refractivity contribution in [1.82, 2.24) is 0 Å². The molecule has 0 saturated heterocycles.